The van der Waals surface area contributed by atoms with Crippen LogP contribution in [0.3, 0.4) is 0 Å². The number of nitrogens with zero attached hydrogens (tertiary/aromatic N) is 2. The molecule has 0 spiro atoms. The summed E-state index contributed by atoms with van der Waals surface area (Å²) in [4.78, 5) is 8.88. The Labute approximate surface area is 213 Å². The highest BCUT2D eigenvalue weighted by molar-refractivity contribution is 6.38. The Hall–Kier alpha value is -3.44. The molecule has 1 unspecified atom stereocenters. The molecule has 0 bridgehead atoms. The maximum Gasteiger partial charge on any atom is 0.223 e. The molecule has 6 heteroatoms. The van der Waals surface area contributed by atoms with Crippen molar-refractivity contribution < 1.29 is 9.84 Å². The van der Waals surface area contributed by atoms with Gasteiger partial charge in [0.2, 0.25) is 5.88 Å². The Morgan fingerprint density at radius 2 is 1.57 bits per heavy atom. The van der Waals surface area contributed by atoms with Crippen molar-refractivity contribution in [2.24, 2.45) is 0 Å². The minimum atomic E-state index is -1.49. The molecule has 2 aromatic heterocycles. The Kier molecular flexibility index (Phi) is 6.44. The molecule has 35 heavy (non-hydrogen) atoms. The number of pyridine rings is 2. The summed E-state index contributed by atoms with van der Waals surface area (Å²) in [5.41, 5.74) is 2.72. The Bertz CT molecular complexity index is 1490. The number of hydrogen-bond donors (Lipinski definition) is 1. The van der Waals surface area contributed by atoms with Crippen LogP contribution in [0.4, 0.5) is 0 Å². The molecule has 0 radical (unpaired) electrons. The molecular weight excluding hydrogens is 479 g/mol. The normalized spacial score (nSPS) is 12.9. The van der Waals surface area contributed by atoms with Crippen LogP contribution >= 0.6 is 23.2 Å². The first-order chi connectivity index (χ1) is 17.0. The molecule has 1 atom stereocenters. The zero-order valence-corrected chi connectivity index (χ0v) is 20.5. The predicted molar refractivity (Wildman–Crippen MR) is 141 cm³/mol. The molecule has 5 aromatic rings. The molecule has 0 aliphatic rings. The SMILES string of the molecule is CCOc1nc2ccc(C(O)(c3ccncc3)c3cccc(Cl)c3)cc2c(Cl)c1-c1ccccc1. The van der Waals surface area contributed by atoms with E-state index >= 15 is 0 Å². The second-order valence-corrected chi connectivity index (χ2v) is 8.91. The van der Waals surface area contributed by atoms with E-state index in [1.54, 1.807) is 36.7 Å². The Morgan fingerprint density at radius 3 is 2.29 bits per heavy atom. The fourth-order valence-electron chi connectivity index (χ4n) is 4.33. The first kappa shape index (κ1) is 23.3. The molecular formula is C29H22Cl2N2O2. The first-order valence-electron chi connectivity index (χ1n) is 11.2. The summed E-state index contributed by atoms with van der Waals surface area (Å²) in [6.45, 7) is 2.38. The topological polar surface area (TPSA) is 55.2 Å². The van der Waals surface area contributed by atoms with E-state index in [1.807, 2.05) is 67.6 Å². The van der Waals surface area contributed by atoms with Gasteiger partial charge < -0.3 is 9.84 Å². The van der Waals surface area contributed by atoms with Crippen molar-refractivity contribution in [2.75, 3.05) is 6.61 Å². The zero-order chi connectivity index (χ0) is 24.4. The average Bonchev–Trinajstić information content (AvgIpc) is 2.89. The summed E-state index contributed by atoms with van der Waals surface area (Å²) in [5, 5.41) is 14.0. The minimum absolute atomic E-state index is 0.462. The highest BCUT2D eigenvalue weighted by atomic mass is 35.5. The lowest BCUT2D eigenvalue weighted by Gasteiger charge is -2.30. The fourth-order valence-corrected chi connectivity index (χ4v) is 4.86. The van der Waals surface area contributed by atoms with Crippen LogP contribution in [0, 0.1) is 0 Å². The van der Waals surface area contributed by atoms with Crippen LogP contribution in [0.2, 0.25) is 10.0 Å². The van der Waals surface area contributed by atoms with Gasteiger partial charge in [0.05, 0.1) is 22.7 Å². The summed E-state index contributed by atoms with van der Waals surface area (Å²) in [6.07, 6.45) is 3.31. The van der Waals surface area contributed by atoms with Crippen molar-refractivity contribution in [3.63, 3.8) is 0 Å². The lowest BCUT2D eigenvalue weighted by molar-refractivity contribution is 0.126. The van der Waals surface area contributed by atoms with Crippen LogP contribution in [-0.2, 0) is 5.60 Å². The van der Waals surface area contributed by atoms with E-state index in [0.717, 1.165) is 5.56 Å². The Morgan fingerprint density at radius 1 is 0.829 bits per heavy atom. The number of benzene rings is 3. The van der Waals surface area contributed by atoms with E-state index in [2.05, 4.69) is 4.98 Å². The van der Waals surface area contributed by atoms with Crippen LogP contribution in [-0.4, -0.2) is 21.7 Å². The Balaban J connectivity index is 1.78. The number of fused-ring (bicyclic) bond motifs is 1. The van der Waals surface area contributed by atoms with E-state index < -0.39 is 5.60 Å². The van der Waals surface area contributed by atoms with Gasteiger partial charge in [-0.05, 0) is 65.6 Å². The van der Waals surface area contributed by atoms with Gasteiger partial charge in [-0.25, -0.2) is 4.98 Å². The summed E-state index contributed by atoms with van der Waals surface area (Å²) in [6, 6.07) is 26.2. The van der Waals surface area contributed by atoms with E-state index in [4.69, 9.17) is 32.9 Å². The van der Waals surface area contributed by atoms with Crippen LogP contribution in [0.15, 0.2) is 97.3 Å². The van der Waals surface area contributed by atoms with Crippen molar-refractivity contribution >= 4 is 34.1 Å². The van der Waals surface area contributed by atoms with Crippen LogP contribution in [0.5, 0.6) is 5.88 Å². The zero-order valence-electron chi connectivity index (χ0n) is 19.0. The van der Waals surface area contributed by atoms with E-state index in [0.29, 0.717) is 55.7 Å². The summed E-state index contributed by atoms with van der Waals surface area (Å²) >= 11 is 13.3. The van der Waals surface area contributed by atoms with Crippen LogP contribution in [0.1, 0.15) is 23.6 Å². The highest BCUT2D eigenvalue weighted by Gasteiger charge is 2.34. The summed E-state index contributed by atoms with van der Waals surface area (Å²) in [5.74, 6) is 0.475. The third kappa shape index (κ3) is 4.25. The number of hydrogen-bond acceptors (Lipinski definition) is 4. The monoisotopic (exact) mass is 500 g/mol. The van der Waals surface area contributed by atoms with Gasteiger partial charge in [-0.15, -0.1) is 0 Å². The molecule has 0 fully saturated rings. The first-order valence-corrected chi connectivity index (χ1v) is 12.0. The average molecular weight is 501 g/mol. The number of halogens is 2. The van der Waals surface area contributed by atoms with Gasteiger partial charge in [0.1, 0.15) is 5.60 Å². The fraction of sp³-hybridized carbons (Fsp3) is 0.103. The van der Waals surface area contributed by atoms with E-state index in [-0.39, 0.29) is 0 Å². The third-order valence-electron chi connectivity index (χ3n) is 5.99. The van der Waals surface area contributed by atoms with Crippen LogP contribution < -0.4 is 4.74 Å². The summed E-state index contributed by atoms with van der Waals surface area (Å²) in [7, 11) is 0. The lowest BCUT2D eigenvalue weighted by atomic mass is 9.80. The van der Waals surface area contributed by atoms with Gasteiger partial charge in [-0.1, -0.05) is 71.7 Å². The number of aliphatic hydroxyl groups is 1. The molecule has 0 aliphatic heterocycles. The molecule has 0 saturated carbocycles. The molecule has 4 nitrogen and oxygen atoms in total. The van der Waals surface area contributed by atoms with Gasteiger partial charge in [0, 0.05) is 22.8 Å². The van der Waals surface area contributed by atoms with Crippen molar-refractivity contribution in [1.82, 2.24) is 9.97 Å². The van der Waals surface area contributed by atoms with Crippen LogP contribution in [0.25, 0.3) is 22.0 Å². The molecule has 2 heterocycles. The van der Waals surface area contributed by atoms with Gasteiger partial charge in [-0.2, -0.15) is 0 Å². The van der Waals surface area contributed by atoms with Gasteiger partial charge in [0.25, 0.3) is 0 Å². The molecule has 0 saturated heterocycles. The minimum Gasteiger partial charge on any atom is -0.477 e. The third-order valence-corrected chi connectivity index (χ3v) is 6.62. The predicted octanol–water partition coefficient (Wildman–Crippen LogP) is 7.29. The highest BCUT2D eigenvalue weighted by Crippen LogP contribution is 2.43. The maximum absolute atomic E-state index is 12.3. The van der Waals surface area contributed by atoms with E-state index in [9.17, 15) is 5.11 Å². The molecule has 1 N–H and O–H groups in total. The van der Waals surface area contributed by atoms with Gasteiger partial charge in [0.15, 0.2) is 0 Å². The van der Waals surface area contributed by atoms with Gasteiger partial charge >= 0.3 is 0 Å². The maximum atomic E-state index is 12.3. The van der Waals surface area contributed by atoms with E-state index in [1.165, 1.54) is 0 Å². The standard InChI is InChI=1S/C29H22Cl2N2O2/c1-2-35-28-26(19-7-4-3-5-8-19)27(31)24-18-22(11-12-25(24)33-28)29(34,20-13-15-32-16-14-20)21-9-6-10-23(30)17-21/h3-18,34H,2H2,1H3. The molecule has 174 valence electrons. The number of aromatic nitrogens is 2. The smallest absolute Gasteiger partial charge is 0.223 e. The van der Waals surface area contributed by atoms with Crippen molar-refractivity contribution in [3.8, 4) is 17.0 Å². The quantitative estimate of drug-likeness (QED) is 0.266. The largest absolute Gasteiger partial charge is 0.477 e. The number of rotatable bonds is 6. The summed E-state index contributed by atoms with van der Waals surface area (Å²) < 4.78 is 5.86. The molecule has 0 amide bonds. The van der Waals surface area contributed by atoms with Gasteiger partial charge in [-0.3, -0.25) is 4.98 Å². The van der Waals surface area contributed by atoms with Crippen molar-refractivity contribution in [2.45, 2.75) is 12.5 Å². The molecule has 3 aromatic carbocycles. The number of ether oxygens (including phenoxy) is 1. The molecule has 5 rings (SSSR count). The second-order valence-electron chi connectivity index (χ2n) is 8.09. The molecule has 0 aliphatic carbocycles. The second kappa shape index (κ2) is 9.67. The lowest BCUT2D eigenvalue weighted by Crippen LogP contribution is -2.29. The van der Waals surface area contributed by atoms with Crippen molar-refractivity contribution in [1.29, 1.82) is 0 Å². The van der Waals surface area contributed by atoms with Crippen molar-refractivity contribution in [3.05, 3.63) is 124 Å².